The van der Waals surface area contributed by atoms with E-state index in [1.807, 2.05) is 0 Å². The standard InChI is InChI=1S/C21H37N5/c1-6-17-23-18(12-15-13-20(2,3)26-21(4,5)14-15)25-19(24-17)22-16-10-8-7-9-11-16/h15-16,26H,6-14H2,1-5H3,(H,22,23,24,25). The van der Waals surface area contributed by atoms with Crippen LogP contribution in [-0.2, 0) is 12.8 Å². The molecule has 0 atom stereocenters. The Morgan fingerprint density at radius 1 is 0.923 bits per heavy atom. The van der Waals surface area contributed by atoms with Crippen molar-refractivity contribution in [1.82, 2.24) is 20.3 Å². The van der Waals surface area contributed by atoms with Crippen LogP contribution in [0.4, 0.5) is 5.95 Å². The Labute approximate surface area is 159 Å². The van der Waals surface area contributed by atoms with Crippen molar-refractivity contribution < 1.29 is 0 Å². The molecule has 0 bridgehead atoms. The molecule has 26 heavy (non-hydrogen) atoms. The predicted octanol–water partition coefficient (Wildman–Crippen LogP) is 4.28. The summed E-state index contributed by atoms with van der Waals surface area (Å²) in [7, 11) is 0. The summed E-state index contributed by atoms with van der Waals surface area (Å²) < 4.78 is 0. The molecular formula is C21H37N5. The lowest BCUT2D eigenvalue weighted by Gasteiger charge is -2.46. The zero-order valence-corrected chi connectivity index (χ0v) is 17.4. The van der Waals surface area contributed by atoms with Gasteiger partial charge in [0.25, 0.3) is 0 Å². The van der Waals surface area contributed by atoms with Crippen molar-refractivity contribution in [2.45, 2.75) is 110 Å². The summed E-state index contributed by atoms with van der Waals surface area (Å²) >= 11 is 0. The number of rotatable bonds is 5. The van der Waals surface area contributed by atoms with Crippen LogP contribution in [0.5, 0.6) is 0 Å². The van der Waals surface area contributed by atoms with Crippen molar-refractivity contribution in [3.05, 3.63) is 11.6 Å². The highest BCUT2D eigenvalue weighted by molar-refractivity contribution is 5.26. The number of piperidine rings is 1. The molecule has 0 unspecified atom stereocenters. The maximum atomic E-state index is 4.81. The Morgan fingerprint density at radius 2 is 1.54 bits per heavy atom. The molecule has 0 amide bonds. The van der Waals surface area contributed by atoms with E-state index in [1.54, 1.807) is 0 Å². The van der Waals surface area contributed by atoms with Crippen LogP contribution in [0.3, 0.4) is 0 Å². The minimum atomic E-state index is 0.163. The minimum absolute atomic E-state index is 0.163. The van der Waals surface area contributed by atoms with Crippen molar-refractivity contribution in [2.75, 3.05) is 5.32 Å². The summed E-state index contributed by atoms with van der Waals surface area (Å²) in [6, 6.07) is 0.528. The van der Waals surface area contributed by atoms with E-state index in [0.717, 1.165) is 43.3 Å². The van der Waals surface area contributed by atoms with Gasteiger partial charge in [0.1, 0.15) is 11.6 Å². The van der Waals surface area contributed by atoms with Gasteiger partial charge in [0.15, 0.2) is 0 Å². The third-order valence-electron chi connectivity index (χ3n) is 5.73. The van der Waals surface area contributed by atoms with Crippen LogP contribution < -0.4 is 10.6 Å². The van der Waals surface area contributed by atoms with E-state index >= 15 is 0 Å². The number of hydrogen-bond donors (Lipinski definition) is 2. The Balaban J connectivity index is 1.73. The van der Waals surface area contributed by atoms with Crippen LogP contribution in [0.2, 0.25) is 0 Å². The van der Waals surface area contributed by atoms with Crippen LogP contribution in [0.15, 0.2) is 0 Å². The van der Waals surface area contributed by atoms with Crippen molar-refractivity contribution in [2.24, 2.45) is 5.92 Å². The van der Waals surface area contributed by atoms with Gasteiger partial charge in [-0.25, -0.2) is 4.98 Å². The third kappa shape index (κ3) is 5.38. The zero-order chi connectivity index (χ0) is 18.8. The molecule has 2 aliphatic rings. The third-order valence-corrected chi connectivity index (χ3v) is 5.73. The smallest absolute Gasteiger partial charge is 0.226 e. The molecule has 1 aliphatic heterocycles. The fourth-order valence-electron chi connectivity index (χ4n) is 5.15. The summed E-state index contributed by atoms with van der Waals surface area (Å²) in [5.41, 5.74) is 0.326. The van der Waals surface area contributed by atoms with Crippen molar-refractivity contribution >= 4 is 5.95 Å². The normalized spacial score (nSPS) is 23.7. The molecule has 1 aliphatic carbocycles. The number of aryl methyl sites for hydroxylation is 1. The maximum absolute atomic E-state index is 4.81. The minimum Gasteiger partial charge on any atom is -0.351 e. The van der Waals surface area contributed by atoms with Gasteiger partial charge in [-0.2, -0.15) is 9.97 Å². The number of nitrogens with one attached hydrogen (secondary N) is 2. The molecule has 1 aromatic rings. The van der Waals surface area contributed by atoms with Gasteiger partial charge in [-0.3, -0.25) is 0 Å². The molecule has 5 heteroatoms. The Kier molecular flexibility index (Phi) is 5.85. The first-order valence-corrected chi connectivity index (χ1v) is 10.5. The van der Waals surface area contributed by atoms with Crippen LogP contribution in [-0.4, -0.2) is 32.1 Å². The lowest BCUT2D eigenvalue weighted by atomic mass is 9.74. The quantitative estimate of drug-likeness (QED) is 0.822. The van der Waals surface area contributed by atoms with Crippen LogP contribution in [0.1, 0.15) is 91.2 Å². The molecular weight excluding hydrogens is 322 g/mol. The van der Waals surface area contributed by atoms with E-state index in [-0.39, 0.29) is 11.1 Å². The van der Waals surface area contributed by atoms with Gasteiger partial charge < -0.3 is 10.6 Å². The van der Waals surface area contributed by atoms with Gasteiger partial charge in [0.2, 0.25) is 5.95 Å². The molecule has 0 radical (unpaired) electrons. The van der Waals surface area contributed by atoms with E-state index in [4.69, 9.17) is 9.97 Å². The first-order chi connectivity index (χ1) is 12.2. The maximum Gasteiger partial charge on any atom is 0.226 e. The van der Waals surface area contributed by atoms with Crippen LogP contribution in [0, 0.1) is 5.92 Å². The average molecular weight is 360 g/mol. The highest BCUT2D eigenvalue weighted by atomic mass is 15.2. The molecule has 2 heterocycles. The van der Waals surface area contributed by atoms with Gasteiger partial charge in [-0.05, 0) is 59.3 Å². The monoisotopic (exact) mass is 359 g/mol. The lowest BCUT2D eigenvalue weighted by molar-refractivity contribution is 0.127. The number of nitrogens with zero attached hydrogens (tertiary/aromatic N) is 3. The molecule has 1 saturated carbocycles. The highest BCUT2D eigenvalue weighted by Crippen LogP contribution is 2.34. The lowest BCUT2D eigenvalue weighted by Crippen LogP contribution is -2.58. The van der Waals surface area contributed by atoms with Gasteiger partial charge in [-0.15, -0.1) is 0 Å². The second-order valence-electron chi connectivity index (χ2n) is 9.70. The molecule has 3 rings (SSSR count). The fourth-order valence-corrected chi connectivity index (χ4v) is 5.15. The second kappa shape index (κ2) is 7.79. The number of anilines is 1. The summed E-state index contributed by atoms with van der Waals surface area (Å²) in [5, 5.41) is 7.36. The molecule has 0 aromatic carbocycles. The molecule has 1 saturated heterocycles. The van der Waals surface area contributed by atoms with Gasteiger partial charge in [0.05, 0.1) is 0 Å². The van der Waals surface area contributed by atoms with E-state index < -0.39 is 0 Å². The molecule has 0 spiro atoms. The molecule has 2 N–H and O–H groups in total. The van der Waals surface area contributed by atoms with Gasteiger partial charge in [0, 0.05) is 30.0 Å². The largest absolute Gasteiger partial charge is 0.351 e. The summed E-state index contributed by atoms with van der Waals surface area (Å²) in [6.07, 6.45) is 10.6. The average Bonchev–Trinajstić information content (AvgIpc) is 2.52. The first kappa shape index (κ1) is 19.5. The molecule has 1 aromatic heterocycles. The summed E-state index contributed by atoms with van der Waals surface area (Å²) in [4.78, 5) is 14.2. The fraction of sp³-hybridized carbons (Fsp3) is 0.857. The van der Waals surface area contributed by atoms with Gasteiger partial charge >= 0.3 is 0 Å². The summed E-state index contributed by atoms with van der Waals surface area (Å²) in [6.45, 7) is 11.4. The van der Waals surface area contributed by atoms with Crippen molar-refractivity contribution in [3.8, 4) is 0 Å². The van der Waals surface area contributed by atoms with E-state index in [9.17, 15) is 0 Å². The predicted molar refractivity (Wildman–Crippen MR) is 107 cm³/mol. The Bertz CT molecular complexity index is 588. The van der Waals surface area contributed by atoms with E-state index in [1.165, 1.54) is 32.1 Å². The van der Waals surface area contributed by atoms with Crippen LogP contribution >= 0.6 is 0 Å². The van der Waals surface area contributed by atoms with Crippen LogP contribution in [0.25, 0.3) is 0 Å². The zero-order valence-electron chi connectivity index (χ0n) is 17.4. The molecule has 2 fully saturated rings. The number of aromatic nitrogens is 3. The highest BCUT2D eigenvalue weighted by Gasteiger charge is 2.37. The summed E-state index contributed by atoms with van der Waals surface area (Å²) in [5.74, 6) is 3.29. The van der Waals surface area contributed by atoms with Gasteiger partial charge in [-0.1, -0.05) is 26.2 Å². The molecule has 5 nitrogen and oxygen atoms in total. The molecule has 146 valence electrons. The SMILES string of the molecule is CCc1nc(CC2CC(C)(C)NC(C)(C)C2)nc(NC2CCCCC2)n1. The van der Waals surface area contributed by atoms with Crippen molar-refractivity contribution in [1.29, 1.82) is 0 Å². The topological polar surface area (TPSA) is 62.7 Å². The van der Waals surface area contributed by atoms with Crippen molar-refractivity contribution in [3.63, 3.8) is 0 Å². The Morgan fingerprint density at radius 3 is 2.15 bits per heavy atom. The second-order valence-corrected chi connectivity index (χ2v) is 9.70. The van der Waals surface area contributed by atoms with E-state index in [2.05, 4.69) is 50.2 Å². The first-order valence-electron chi connectivity index (χ1n) is 10.5. The van der Waals surface area contributed by atoms with E-state index in [0.29, 0.717) is 12.0 Å². The number of hydrogen-bond acceptors (Lipinski definition) is 5. The Hall–Kier alpha value is -1.23.